The maximum absolute atomic E-state index is 4.41. The van der Waals surface area contributed by atoms with Crippen molar-refractivity contribution in [3.63, 3.8) is 0 Å². The first-order chi connectivity index (χ1) is 8.42. The standard InChI is InChI=1S/C14H8N2S/c1-2-11-12-6-9-3-5-15-8-10(9)7-13(12)17-14(11)16-4-1/h1-8H. The number of nitrogens with zero attached hydrogens (tertiary/aromatic N) is 2. The van der Waals surface area contributed by atoms with Gasteiger partial charge in [-0.2, -0.15) is 0 Å². The van der Waals surface area contributed by atoms with Gasteiger partial charge in [0.1, 0.15) is 4.83 Å². The molecule has 0 bridgehead atoms. The Morgan fingerprint density at radius 1 is 0.941 bits per heavy atom. The van der Waals surface area contributed by atoms with Crippen LogP contribution in [0.25, 0.3) is 31.1 Å². The molecule has 0 aliphatic carbocycles. The molecule has 0 spiro atoms. The maximum Gasteiger partial charge on any atom is 0.124 e. The van der Waals surface area contributed by atoms with Crippen molar-refractivity contribution in [2.24, 2.45) is 0 Å². The van der Waals surface area contributed by atoms with E-state index >= 15 is 0 Å². The zero-order valence-corrected chi connectivity index (χ0v) is 9.74. The van der Waals surface area contributed by atoms with Gasteiger partial charge in [-0.25, -0.2) is 4.98 Å². The molecule has 0 saturated carbocycles. The summed E-state index contributed by atoms with van der Waals surface area (Å²) < 4.78 is 1.28. The Morgan fingerprint density at radius 2 is 1.94 bits per heavy atom. The lowest BCUT2D eigenvalue weighted by Crippen LogP contribution is -1.74. The summed E-state index contributed by atoms with van der Waals surface area (Å²) in [6.07, 6.45) is 5.59. The van der Waals surface area contributed by atoms with Gasteiger partial charge in [-0.3, -0.25) is 4.98 Å². The summed E-state index contributed by atoms with van der Waals surface area (Å²) in [5.41, 5.74) is 0. The smallest absolute Gasteiger partial charge is 0.124 e. The van der Waals surface area contributed by atoms with Crippen molar-refractivity contribution in [1.82, 2.24) is 9.97 Å². The van der Waals surface area contributed by atoms with Crippen LogP contribution in [0.2, 0.25) is 0 Å². The fourth-order valence-corrected chi connectivity index (χ4v) is 3.27. The molecule has 1 aromatic carbocycles. The van der Waals surface area contributed by atoms with E-state index in [1.807, 2.05) is 24.7 Å². The highest BCUT2D eigenvalue weighted by atomic mass is 32.1. The van der Waals surface area contributed by atoms with Crippen LogP contribution in [0.3, 0.4) is 0 Å². The second-order valence-corrected chi connectivity index (χ2v) is 5.06. The van der Waals surface area contributed by atoms with Gasteiger partial charge >= 0.3 is 0 Å². The average molecular weight is 236 g/mol. The second kappa shape index (κ2) is 3.25. The lowest BCUT2D eigenvalue weighted by Gasteiger charge is -1.97. The molecule has 0 radical (unpaired) electrons. The quantitative estimate of drug-likeness (QED) is 0.461. The van der Waals surface area contributed by atoms with E-state index in [4.69, 9.17) is 0 Å². The number of rotatable bonds is 0. The number of thiophene rings is 1. The number of hydrogen-bond donors (Lipinski definition) is 0. The highest BCUT2D eigenvalue weighted by Gasteiger charge is 2.06. The van der Waals surface area contributed by atoms with E-state index in [9.17, 15) is 0 Å². The monoisotopic (exact) mass is 236 g/mol. The van der Waals surface area contributed by atoms with Gasteiger partial charge in [0.2, 0.25) is 0 Å². The molecule has 0 unspecified atom stereocenters. The summed E-state index contributed by atoms with van der Waals surface area (Å²) in [4.78, 5) is 9.68. The van der Waals surface area contributed by atoms with Gasteiger partial charge in [-0.15, -0.1) is 11.3 Å². The van der Waals surface area contributed by atoms with E-state index in [0.717, 1.165) is 4.83 Å². The van der Waals surface area contributed by atoms with Gasteiger partial charge in [0.25, 0.3) is 0 Å². The molecule has 3 heterocycles. The van der Waals surface area contributed by atoms with Gasteiger partial charge in [-0.05, 0) is 35.7 Å². The molecule has 4 aromatic rings. The summed E-state index contributed by atoms with van der Waals surface area (Å²) >= 11 is 1.74. The van der Waals surface area contributed by atoms with Crippen molar-refractivity contribution < 1.29 is 0 Å². The summed E-state index contributed by atoms with van der Waals surface area (Å²) in [6.45, 7) is 0. The molecule has 0 N–H and O–H groups in total. The molecule has 17 heavy (non-hydrogen) atoms. The van der Waals surface area contributed by atoms with Gasteiger partial charge in [0.15, 0.2) is 0 Å². The Morgan fingerprint density at radius 3 is 2.94 bits per heavy atom. The maximum atomic E-state index is 4.41. The molecule has 0 aliphatic rings. The first kappa shape index (κ1) is 9.07. The topological polar surface area (TPSA) is 25.8 Å². The highest BCUT2D eigenvalue weighted by molar-refractivity contribution is 7.25. The van der Waals surface area contributed by atoms with E-state index in [1.54, 1.807) is 11.3 Å². The molecule has 2 nitrogen and oxygen atoms in total. The minimum absolute atomic E-state index is 1.10. The third-order valence-corrected chi connectivity index (χ3v) is 4.08. The third kappa shape index (κ3) is 1.26. The highest BCUT2D eigenvalue weighted by Crippen LogP contribution is 2.34. The minimum atomic E-state index is 1.10. The third-order valence-electron chi connectivity index (χ3n) is 3.01. The van der Waals surface area contributed by atoms with Crippen LogP contribution in [-0.2, 0) is 0 Å². The molecule has 3 aromatic heterocycles. The number of hydrogen-bond acceptors (Lipinski definition) is 3. The Hall–Kier alpha value is -2.00. The Balaban J connectivity index is 2.28. The molecule has 0 amide bonds. The van der Waals surface area contributed by atoms with Crippen LogP contribution in [0, 0.1) is 0 Å². The molecule has 0 aliphatic heterocycles. The Labute approximate surface area is 102 Å². The van der Waals surface area contributed by atoms with Gasteiger partial charge in [0.05, 0.1) is 0 Å². The SMILES string of the molecule is c1cnc2sc3cc4cnccc4cc3c2c1. The number of pyridine rings is 2. The van der Waals surface area contributed by atoms with Crippen LogP contribution in [0.5, 0.6) is 0 Å². The largest absolute Gasteiger partial charge is 0.264 e. The van der Waals surface area contributed by atoms with Crippen LogP contribution in [0.15, 0.2) is 48.9 Å². The molecule has 0 fully saturated rings. The molecular weight excluding hydrogens is 228 g/mol. The van der Waals surface area contributed by atoms with Crippen LogP contribution in [0.1, 0.15) is 0 Å². The lowest BCUT2D eigenvalue weighted by atomic mass is 10.1. The lowest BCUT2D eigenvalue weighted by molar-refractivity contribution is 1.37. The minimum Gasteiger partial charge on any atom is -0.264 e. The second-order valence-electron chi connectivity index (χ2n) is 4.03. The van der Waals surface area contributed by atoms with E-state index in [0.29, 0.717) is 0 Å². The first-order valence-corrected chi connectivity index (χ1v) is 6.24. The number of aromatic nitrogens is 2. The summed E-state index contributed by atoms with van der Waals surface area (Å²) in [5, 5.41) is 4.95. The average Bonchev–Trinajstić information content (AvgIpc) is 2.73. The molecule has 80 valence electrons. The fourth-order valence-electron chi connectivity index (χ4n) is 2.19. The fraction of sp³-hybridized carbons (Fsp3) is 0. The zero-order valence-electron chi connectivity index (χ0n) is 8.92. The predicted octanol–water partition coefficient (Wildman–Crippen LogP) is 4.00. The summed E-state index contributed by atoms with van der Waals surface area (Å²) in [7, 11) is 0. The normalized spacial score (nSPS) is 11.5. The van der Waals surface area contributed by atoms with E-state index in [2.05, 4.69) is 34.2 Å². The summed E-state index contributed by atoms with van der Waals surface area (Å²) in [5.74, 6) is 0. The Kier molecular flexibility index (Phi) is 1.73. The first-order valence-electron chi connectivity index (χ1n) is 5.43. The molecule has 0 saturated heterocycles. The van der Waals surface area contributed by atoms with Crippen molar-refractivity contribution in [3.8, 4) is 0 Å². The van der Waals surface area contributed by atoms with E-state index in [-0.39, 0.29) is 0 Å². The van der Waals surface area contributed by atoms with Crippen LogP contribution < -0.4 is 0 Å². The number of fused-ring (bicyclic) bond motifs is 4. The van der Waals surface area contributed by atoms with Crippen LogP contribution in [-0.4, -0.2) is 9.97 Å². The predicted molar refractivity (Wildman–Crippen MR) is 72.4 cm³/mol. The molecule has 3 heteroatoms. The molecule has 4 rings (SSSR count). The van der Waals surface area contributed by atoms with Crippen molar-refractivity contribution in [2.45, 2.75) is 0 Å². The van der Waals surface area contributed by atoms with Gasteiger partial charge in [-0.1, -0.05) is 0 Å². The molecule has 0 atom stereocenters. The molecular formula is C14H8N2S. The van der Waals surface area contributed by atoms with Crippen molar-refractivity contribution in [2.75, 3.05) is 0 Å². The summed E-state index contributed by atoms with van der Waals surface area (Å²) in [6, 6.07) is 10.6. The number of benzene rings is 1. The van der Waals surface area contributed by atoms with Crippen molar-refractivity contribution in [1.29, 1.82) is 0 Å². The van der Waals surface area contributed by atoms with Crippen molar-refractivity contribution in [3.05, 3.63) is 48.9 Å². The Bertz CT molecular complexity index is 842. The van der Waals surface area contributed by atoms with Crippen LogP contribution in [0.4, 0.5) is 0 Å². The van der Waals surface area contributed by atoms with E-state index in [1.165, 1.54) is 26.2 Å². The van der Waals surface area contributed by atoms with Crippen LogP contribution >= 0.6 is 11.3 Å². The van der Waals surface area contributed by atoms with Gasteiger partial charge < -0.3 is 0 Å². The zero-order chi connectivity index (χ0) is 11.2. The van der Waals surface area contributed by atoms with Gasteiger partial charge in [0, 0.05) is 39.4 Å². The van der Waals surface area contributed by atoms with Crippen molar-refractivity contribution >= 4 is 42.4 Å². The van der Waals surface area contributed by atoms with E-state index < -0.39 is 0 Å².